The fraction of sp³-hybridized carbons (Fsp3) is 1.00. The second-order valence-electron chi connectivity index (χ2n) is 8.04. The molecule has 11 atom stereocenters. The van der Waals surface area contributed by atoms with Gasteiger partial charge in [-0.15, -0.1) is 0 Å². The smallest absolute Gasteiger partial charge is 0.187 e. The largest absolute Gasteiger partial charge is 0.394 e. The van der Waals surface area contributed by atoms with Gasteiger partial charge in [0.2, 0.25) is 0 Å². The molecular formula is C20H38O10. The van der Waals surface area contributed by atoms with E-state index in [4.69, 9.17) is 23.7 Å². The lowest BCUT2D eigenvalue weighted by molar-refractivity contribution is -0.348. The molecule has 5 unspecified atom stereocenters. The van der Waals surface area contributed by atoms with E-state index in [1.54, 1.807) is 0 Å². The Bertz CT molecular complexity index is 494. The van der Waals surface area contributed by atoms with Crippen LogP contribution in [-0.2, 0) is 23.7 Å². The van der Waals surface area contributed by atoms with Crippen LogP contribution in [0.15, 0.2) is 0 Å². The lowest BCUT2D eigenvalue weighted by Gasteiger charge is -2.48. The first kappa shape index (κ1) is 25.9. The third kappa shape index (κ3) is 5.50. The zero-order chi connectivity index (χ0) is 22.4. The van der Waals surface area contributed by atoms with Gasteiger partial charge >= 0.3 is 0 Å². The van der Waals surface area contributed by atoms with E-state index in [0.717, 1.165) is 6.42 Å². The Balaban J connectivity index is 2.20. The summed E-state index contributed by atoms with van der Waals surface area (Å²) in [5.41, 5.74) is 0. The van der Waals surface area contributed by atoms with Crippen molar-refractivity contribution in [3.63, 3.8) is 0 Å². The molecule has 10 nitrogen and oxygen atoms in total. The molecule has 10 heteroatoms. The molecule has 5 N–H and O–H groups in total. The van der Waals surface area contributed by atoms with Crippen LogP contribution >= 0.6 is 0 Å². The molecule has 0 spiro atoms. The maximum absolute atomic E-state index is 10.8. The molecule has 2 aliphatic rings. The maximum Gasteiger partial charge on any atom is 0.187 e. The van der Waals surface area contributed by atoms with Gasteiger partial charge in [0.1, 0.15) is 48.8 Å². The molecule has 2 heterocycles. The number of rotatable bonds is 10. The minimum absolute atomic E-state index is 0.0615. The highest BCUT2D eigenvalue weighted by atomic mass is 16.7. The highest BCUT2D eigenvalue weighted by Gasteiger charge is 2.52. The van der Waals surface area contributed by atoms with E-state index < -0.39 is 74.4 Å². The molecule has 0 bridgehead atoms. The van der Waals surface area contributed by atoms with E-state index in [-0.39, 0.29) is 5.92 Å². The van der Waals surface area contributed by atoms with Gasteiger partial charge in [0.25, 0.3) is 0 Å². The lowest BCUT2D eigenvalue weighted by Crippen LogP contribution is -2.65. The third-order valence-corrected chi connectivity index (χ3v) is 5.98. The van der Waals surface area contributed by atoms with Crippen LogP contribution < -0.4 is 0 Å². The molecule has 2 saturated heterocycles. The van der Waals surface area contributed by atoms with Gasteiger partial charge in [-0.05, 0) is 12.3 Å². The molecule has 178 valence electrons. The Kier molecular flexibility index (Phi) is 10.3. The topological polar surface area (TPSA) is 147 Å². The van der Waals surface area contributed by atoms with Crippen LogP contribution in [0.4, 0.5) is 0 Å². The molecular weight excluding hydrogens is 400 g/mol. The Hall–Kier alpha value is -0.400. The van der Waals surface area contributed by atoms with Gasteiger partial charge in [-0.25, -0.2) is 0 Å². The Labute approximate surface area is 177 Å². The number of hydrogen-bond acceptors (Lipinski definition) is 10. The van der Waals surface area contributed by atoms with Crippen LogP contribution in [0.5, 0.6) is 0 Å². The Morgan fingerprint density at radius 1 is 0.867 bits per heavy atom. The predicted molar refractivity (Wildman–Crippen MR) is 105 cm³/mol. The molecule has 0 aromatic rings. The molecule has 2 rings (SSSR count). The Morgan fingerprint density at radius 3 is 2.07 bits per heavy atom. The van der Waals surface area contributed by atoms with Crippen molar-refractivity contribution in [2.24, 2.45) is 5.92 Å². The van der Waals surface area contributed by atoms with E-state index in [1.165, 1.54) is 7.11 Å². The quantitative estimate of drug-likeness (QED) is 0.281. The fourth-order valence-corrected chi connectivity index (χ4v) is 4.01. The van der Waals surface area contributed by atoms with Crippen LogP contribution in [-0.4, -0.2) is 114 Å². The summed E-state index contributed by atoms with van der Waals surface area (Å²) in [5.74, 6) is -0.0615. The number of aliphatic hydroxyl groups excluding tert-OH is 5. The molecule has 0 saturated carbocycles. The van der Waals surface area contributed by atoms with Gasteiger partial charge in [0.05, 0.1) is 19.3 Å². The zero-order valence-corrected chi connectivity index (χ0v) is 18.2. The van der Waals surface area contributed by atoms with Gasteiger partial charge in [-0.1, -0.05) is 27.2 Å². The van der Waals surface area contributed by atoms with Crippen LogP contribution in [0.1, 0.15) is 33.6 Å². The normalized spacial score (nSPS) is 43.5. The first-order valence-electron chi connectivity index (χ1n) is 10.7. The monoisotopic (exact) mass is 438 g/mol. The van der Waals surface area contributed by atoms with Crippen molar-refractivity contribution in [2.45, 2.75) is 94.8 Å². The first-order valence-corrected chi connectivity index (χ1v) is 10.7. The SMILES string of the molecule is CCCOC1C(CO)O[C@H](O[C@H]2C(O)C(CO)OC([C@@H](C)CC)[C@H]2O)[C@@H](O)[C@@H]1OC. The minimum Gasteiger partial charge on any atom is -0.394 e. The summed E-state index contributed by atoms with van der Waals surface area (Å²) in [4.78, 5) is 0. The number of methoxy groups -OCH3 is 1. The second-order valence-corrected chi connectivity index (χ2v) is 8.04. The van der Waals surface area contributed by atoms with Crippen molar-refractivity contribution >= 4 is 0 Å². The van der Waals surface area contributed by atoms with Gasteiger partial charge in [0.15, 0.2) is 6.29 Å². The molecule has 0 radical (unpaired) electrons. The standard InChI is InChI=1S/C20H38O10/c1-5-7-27-17-12(9-22)29-20(15(25)19(17)26-4)30-18-13(23)11(8-21)28-16(14(18)24)10(3)6-2/h10-25H,5-9H2,1-4H3/t10-,11?,12?,13?,14+,15-,16?,17?,18-,19-,20+/m0/s1. The van der Waals surface area contributed by atoms with Gasteiger partial charge in [0, 0.05) is 13.7 Å². The number of aliphatic hydroxyl groups is 5. The van der Waals surface area contributed by atoms with Crippen LogP contribution in [0.3, 0.4) is 0 Å². The van der Waals surface area contributed by atoms with Crippen LogP contribution in [0.25, 0.3) is 0 Å². The number of hydrogen-bond donors (Lipinski definition) is 5. The first-order chi connectivity index (χ1) is 14.3. The molecule has 0 aromatic carbocycles. The van der Waals surface area contributed by atoms with E-state index in [2.05, 4.69) is 0 Å². The van der Waals surface area contributed by atoms with Crippen molar-refractivity contribution in [2.75, 3.05) is 26.9 Å². The van der Waals surface area contributed by atoms with Crippen molar-refractivity contribution in [3.8, 4) is 0 Å². The number of ether oxygens (including phenoxy) is 5. The third-order valence-electron chi connectivity index (χ3n) is 5.98. The molecule has 2 fully saturated rings. The molecule has 0 aliphatic carbocycles. The maximum atomic E-state index is 10.8. The van der Waals surface area contributed by atoms with E-state index in [0.29, 0.717) is 13.0 Å². The summed E-state index contributed by atoms with van der Waals surface area (Å²) in [7, 11) is 1.41. The molecule has 0 amide bonds. The van der Waals surface area contributed by atoms with Crippen LogP contribution in [0, 0.1) is 5.92 Å². The highest BCUT2D eigenvalue weighted by Crippen LogP contribution is 2.33. The minimum atomic E-state index is -1.34. The summed E-state index contributed by atoms with van der Waals surface area (Å²) >= 11 is 0. The molecule has 30 heavy (non-hydrogen) atoms. The van der Waals surface area contributed by atoms with Gasteiger partial charge in [-0.2, -0.15) is 0 Å². The second kappa shape index (κ2) is 12.0. The molecule has 2 aliphatic heterocycles. The van der Waals surface area contributed by atoms with Crippen molar-refractivity contribution in [3.05, 3.63) is 0 Å². The van der Waals surface area contributed by atoms with E-state index >= 15 is 0 Å². The summed E-state index contributed by atoms with van der Waals surface area (Å²) in [6, 6.07) is 0. The average Bonchev–Trinajstić information content (AvgIpc) is 2.75. The van der Waals surface area contributed by atoms with Gasteiger partial charge in [-0.3, -0.25) is 0 Å². The van der Waals surface area contributed by atoms with Crippen molar-refractivity contribution in [1.82, 2.24) is 0 Å². The summed E-state index contributed by atoms with van der Waals surface area (Å²) < 4.78 is 28.4. The summed E-state index contributed by atoms with van der Waals surface area (Å²) in [6.45, 7) is 5.31. The van der Waals surface area contributed by atoms with E-state index in [9.17, 15) is 25.5 Å². The Morgan fingerprint density at radius 2 is 1.53 bits per heavy atom. The predicted octanol–water partition coefficient (Wildman–Crippen LogP) is -1.21. The summed E-state index contributed by atoms with van der Waals surface area (Å²) in [5, 5.41) is 51.5. The van der Waals surface area contributed by atoms with Gasteiger partial charge < -0.3 is 49.2 Å². The van der Waals surface area contributed by atoms with Crippen molar-refractivity contribution in [1.29, 1.82) is 0 Å². The van der Waals surface area contributed by atoms with Crippen LogP contribution in [0.2, 0.25) is 0 Å². The lowest BCUT2D eigenvalue weighted by atomic mass is 9.87. The van der Waals surface area contributed by atoms with Crippen molar-refractivity contribution < 1.29 is 49.2 Å². The zero-order valence-electron chi connectivity index (χ0n) is 18.2. The summed E-state index contributed by atoms with van der Waals surface area (Å²) in [6.07, 6.45) is -8.89. The average molecular weight is 439 g/mol. The molecule has 0 aromatic heterocycles. The highest BCUT2D eigenvalue weighted by molar-refractivity contribution is 4.97. The van der Waals surface area contributed by atoms with E-state index in [1.807, 2.05) is 20.8 Å². The fourth-order valence-electron chi connectivity index (χ4n) is 4.01.